The van der Waals surface area contributed by atoms with E-state index < -0.39 is 59.6 Å². The van der Waals surface area contributed by atoms with Gasteiger partial charge >= 0.3 is 42.0 Å². The Bertz CT molecular complexity index is 900. The number of aliphatic hydroxyl groups is 1. The number of halogens is 16. The third-order valence-electron chi connectivity index (χ3n) is 5.51. The van der Waals surface area contributed by atoms with E-state index in [1.165, 1.54) is 0 Å². The first-order valence-electron chi connectivity index (χ1n) is 9.51. The molecular formula is C19H16F16O. The van der Waals surface area contributed by atoms with Crippen molar-refractivity contribution in [1.29, 1.82) is 0 Å². The molecule has 0 aliphatic carbocycles. The molecule has 36 heavy (non-hydrogen) atoms. The second-order valence-corrected chi connectivity index (χ2v) is 7.97. The maximum atomic E-state index is 14.1. The van der Waals surface area contributed by atoms with Crippen LogP contribution in [0.25, 0.3) is 0 Å². The van der Waals surface area contributed by atoms with Gasteiger partial charge in [-0.2, -0.15) is 70.2 Å². The highest BCUT2D eigenvalue weighted by atomic mass is 19.4. The first kappa shape index (κ1) is 32.1. The summed E-state index contributed by atoms with van der Waals surface area (Å²) in [7, 11) is 0. The van der Waals surface area contributed by atoms with Gasteiger partial charge in [-0.1, -0.05) is 38.1 Å². The molecule has 1 aromatic carbocycles. The molecule has 1 rings (SSSR count). The minimum atomic E-state index is -8.27. The van der Waals surface area contributed by atoms with E-state index in [-0.39, 0.29) is 23.6 Å². The van der Waals surface area contributed by atoms with Crippen molar-refractivity contribution in [2.45, 2.75) is 80.2 Å². The summed E-state index contributed by atoms with van der Waals surface area (Å²) in [5, 5.41) is 9.86. The minimum Gasteiger partial charge on any atom is -0.376 e. The number of hydrogen-bond acceptors (Lipinski definition) is 1. The Kier molecular flexibility index (Phi) is 8.12. The van der Waals surface area contributed by atoms with Crippen LogP contribution in [0.15, 0.2) is 24.3 Å². The zero-order valence-electron chi connectivity index (χ0n) is 17.8. The Morgan fingerprint density at radius 1 is 0.611 bits per heavy atom. The fourth-order valence-electron chi connectivity index (χ4n) is 2.92. The lowest BCUT2D eigenvalue weighted by atomic mass is 9.82. The highest BCUT2D eigenvalue weighted by molar-refractivity contribution is 5.31. The average molecular weight is 564 g/mol. The molecule has 0 saturated carbocycles. The number of rotatable bonds is 9. The number of benzene rings is 1. The second kappa shape index (κ2) is 9.11. The molecule has 2 atom stereocenters. The van der Waals surface area contributed by atoms with Crippen molar-refractivity contribution in [3.8, 4) is 0 Å². The predicted molar refractivity (Wildman–Crippen MR) is 90.5 cm³/mol. The maximum Gasteiger partial charge on any atom is 0.460 e. The molecule has 0 aliphatic heterocycles. The van der Waals surface area contributed by atoms with E-state index in [0.29, 0.717) is 6.42 Å². The third-order valence-corrected chi connectivity index (χ3v) is 5.51. The highest BCUT2D eigenvalue weighted by Gasteiger charge is 2.91. The van der Waals surface area contributed by atoms with Crippen LogP contribution < -0.4 is 0 Å². The van der Waals surface area contributed by atoms with Crippen molar-refractivity contribution < 1.29 is 75.4 Å². The summed E-state index contributed by atoms with van der Waals surface area (Å²) >= 11 is 0. The molecule has 1 N–H and O–H groups in total. The minimum absolute atomic E-state index is 0.239. The first-order chi connectivity index (χ1) is 15.7. The van der Waals surface area contributed by atoms with Crippen LogP contribution in [-0.2, 0) is 5.60 Å². The van der Waals surface area contributed by atoms with Gasteiger partial charge in [0.25, 0.3) is 0 Å². The molecule has 0 fully saturated rings. The first-order valence-corrected chi connectivity index (χ1v) is 9.51. The van der Waals surface area contributed by atoms with Gasteiger partial charge in [0.1, 0.15) is 0 Å². The van der Waals surface area contributed by atoms with E-state index in [4.69, 9.17) is 0 Å². The number of alkyl halides is 16. The summed E-state index contributed by atoms with van der Waals surface area (Å²) in [6, 6.07) is 2.19. The van der Waals surface area contributed by atoms with Gasteiger partial charge in [0.15, 0.2) is 5.60 Å². The fraction of sp³-hybridized carbons (Fsp3) is 0.684. The summed E-state index contributed by atoms with van der Waals surface area (Å²) in [4.78, 5) is 0. The average Bonchev–Trinajstić information content (AvgIpc) is 2.70. The van der Waals surface area contributed by atoms with Crippen LogP contribution in [0.3, 0.4) is 0 Å². The molecule has 1 nitrogen and oxygen atoms in total. The molecule has 210 valence electrons. The van der Waals surface area contributed by atoms with Crippen molar-refractivity contribution in [2.75, 3.05) is 0 Å². The van der Waals surface area contributed by atoms with Crippen LogP contribution in [0.4, 0.5) is 70.2 Å². The summed E-state index contributed by atoms with van der Waals surface area (Å²) < 4.78 is 213. The van der Waals surface area contributed by atoms with E-state index in [1.807, 2.05) is 0 Å². The van der Waals surface area contributed by atoms with Crippen LogP contribution in [0.1, 0.15) is 43.7 Å². The molecule has 0 aromatic heterocycles. The van der Waals surface area contributed by atoms with Crippen LogP contribution in [-0.4, -0.2) is 47.1 Å². The van der Waals surface area contributed by atoms with E-state index in [1.54, 1.807) is 13.8 Å². The van der Waals surface area contributed by atoms with Crippen molar-refractivity contribution in [3.05, 3.63) is 35.4 Å². The van der Waals surface area contributed by atoms with Gasteiger partial charge in [-0.3, -0.25) is 0 Å². The Hall–Kier alpha value is -1.94. The zero-order chi connectivity index (χ0) is 29.0. The zero-order valence-corrected chi connectivity index (χ0v) is 17.8. The molecule has 0 spiro atoms. The van der Waals surface area contributed by atoms with E-state index in [2.05, 4.69) is 0 Å². The van der Waals surface area contributed by atoms with Crippen molar-refractivity contribution in [1.82, 2.24) is 0 Å². The lowest BCUT2D eigenvalue weighted by Gasteiger charge is -2.42. The van der Waals surface area contributed by atoms with Gasteiger partial charge in [-0.15, -0.1) is 0 Å². The van der Waals surface area contributed by atoms with Crippen molar-refractivity contribution in [3.63, 3.8) is 0 Å². The van der Waals surface area contributed by atoms with Gasteiger partial charge in [-0.25, -0.2) is 0 Å². The molecule has 0 amide bonds. The summed E-state index contributed by atoms with van der Waals surface area (Å²) in [6.45, 7) is 3.16. The Morgan fingerprint density at radius 2 is 1.00 bits per heavy atom. The van der Waals surface area contributed by atoms with Crippen LogP contribution in [0.2, 0.25) is 0 Å². The summed E-state index contributed by atoms with van der Waals surface area (Å²) in [5.74, 6) is -40.0. The maximum absolute atomic E-state index is 14.1. The molecule has 0 radical (unpaired) electrons. The monoisotopic (exact) mass is 564 g/mol. The van der Waals surface area contributed by atoms with E-state index in [9.17, 15) is 75.4 Å². The van der Waals surface area contributed by atoms with Crippen LogP contribution in [0, 0.1) is 0 Å². The Balaban J connectivity index is 3.65. The molecule has 2 unspecified atom stereocenters. The van der Waals surface area contributed by atoms with Crippen molar-refractivity contribution >= 4 is 0 Å². The largest absolute Gasteiger partial charge is 0.460 e. The van der Waals surface area contributed by atoms with E-state index in [0.717, 1.165) is 12.1 Å². The highest BCUT2D eigenvalue weighted by Crippen LogP contribution is 2.62. The quantitative estimate of drug-likeness (QED) is 0.301. The van der Waals surface area contributed by atoms with Gasteiger partial charge in [0.2, 0.25) is 0 Å². The summed E-state index contributed by atoms with van der Waals surface area (Å²) in [5.41, 5.74) is -6.58. The lowest BCUT2D eigenvalue weighted by Crippen LogP contribution is -2.70. The third kappa shape index (κ3) is 4.83. The van der Waals surface area contributed by atoms with Gasteiger partial charge in [0, 0.05) is 0 Å². The van der Waals surface area contributed by atoms with Gasteiger partial charge in [0.05, 0.1) is 6.42 Å². The normalized spacial score (nSPS) is 17.6. The Labute approximate surface area is 192 Å². The summed E-state index contributed by atoms with van der Waals surface area (Å²) in [6.07, 6.45) is -17.5. The smallest absolute Gasteiger partial charge is 0.376 e. The van der Waals surface area contributed by atoms with Gasteiger partial charge in [-0.05, 0) is 23.5 Å². The predicted octanol–water partition coefficient (Wildman–Crippen LogP) is 8.08. The van der Waals surface area contributed by atoms with Crippen LogP contribution >= 0.6 is 0 Å². The Morgan fingerprint density at radius 3 is 1.33 bits per heavy atom. The van der Waals surface area contributed by atoms with E-state index >= 15 is 0 Å². The second-order valence-electron chi connectivity index (χ2n) is 7.97. The topological polar surface area (TPSA) is 20.2 Å². The molecule has 0 saturated heterocycles. The molecule has 17 heteroatoms. The number of hydrogen-bond donors (Lipinski definition) is 1. The SMILES string of the molecule is CCC(C)c1ccc(C(O)(CC(F)(F)C(F)(F)C(F)(F)C(F)(F)C(F)(F)C(F)(F)F)C(F)(F)F)cc1. The fourth-order valence-corrected chi connectivity index (χ4v) is 2.92. The van der Waals surface area contributed by atoms with Gasteiger partial charge < -0.3 is 5.11 Å². The lowest BCUT2D eigenvalue weighted by molar-refractivity contribution is -0.443. The molecular weight excluding hydrogens is 548 g/mol. The molecule has 0 aliphatic rings. The van der Waals surface area contributed by atoms with Crippen molar-refractivity contribution in [2.24, 2.45) is 0 Å². The molecule has 0 bridgehead atoms. The van der Waals surface area contributed by atoms with Crippen LogP contribution in [0.5, 0.6) is 0 Å². The standard InChI is InChI=1S/C19H16F16O/c1-3-9(2)10-4-6-11(7-5-10)12(36,18(30,31)32)8-13(20,21)14(22,23)15(24,25)16(26,27)17(28,29)19(33,34)35/h4-7,9,36H,3,8H2,1-2H3. The molecule has 0 heterocycles. The molecule has 1 aromatic rings.